The van der Waals surface area contributed by atoms with Gasteiger partial charge in [0.1, 0.15) is 17.7 Å². The highest BCUT2D eigenvalue weighted by atomic mass is 16.5. The molecule has 1 aromatic rings. The van der Waals surface area contributed by atoms with E-state index in [1.807, 2.05) is 6.92 Å². The van der Waals surface area contributed by atoms with Crippen molar-refractivity contribution in [2.24, 2.45) is 34.5 Å². The Balaban J connectivity index is 1.13. The predicted octanol–water partition coefficient (Wildman–Crippen LogP) is 3.07. The lowest BCUT2D eigenvalue weighted by molar-refractivity contribution is -0.184. The number of carbonyl (C=O) groups excluding carboxylic acids is 5. The zero-order chi connectivity index (χ0) is 37.3. The van der Waals surface area contributed by atoms with Crippen LogP contribution in [-0.2, 0) is 39.9 Å². The van der Waals surface area contributed by atoms with Crippen molar-refractivity contribution in [3.63, 3.8) is 0 Å². The average molecular weight is 709 g/mol. The van der Waals surface area contributed by atoms with Gasteiger partial charge in [-0.2, -0.15) is 0 Å². The van der Waals surface area contributed by atoms with Gasteiger partial charge in [0.25, 0.3) is 0 Å². The van der Waals surface area contributed by atoms with Crippen molar-refractivity contribution in [1.29, 1.82) is 0 Å². The van der Waals surface area contributed by atoms with Gasteiger partial charge in [-0.05, 0) is 79.3 Å². The number of ketones is 2. The SMILES string of the molecule is CC(C)[C@H](NC(=O)CCC(=O)OCC(=O)[C@@]1(O)CC[C@H]2[C@@H]3CCC4=CC(=O)CC[C@]4(C)[C@H]3[C@@H](O)C[C@@]21C)C(=O)N[C@@H](Cc1ccccc1)C(=O)O. The first-order valence-electron chi connectivity index (χ1n) is 18.2. The minimum atomic E-state index is -1.80. The number of rotatable bonds is 13. The van der Waals surface area contributed by atoms with Gasteiger partial charge in [-0.25, -0.2) is 4.79 Å². The summed E-state index contributed by atoms with van der Waals surface area (Å²) in [6, 6.07) is 6.57. The summed E-state index contributed by atoms with van der Waals surface area (Å²) in [7, 11) is 0. The van der Waals surface area contributed by atoms with Crippen molar-refractivity contribution < 1.29 is 48.8 Å². The van der Waals surface area contributed by atoms with E-state index in [0.29, 0.717) is 19.3 Å². The minimum absolute atomic E-state index is 0.0227. The Morgan fingerprint density at radius 1 is 0.980 bits per heavy atom. The maximum absolute atomic E-state index is 13.6. The summed E-state index contributed by atoms with van der Waals surface area (Å²) >= 11 is 0. The third-order valence-electron chi connectivity index (χ3n) is 12.6. The molecular formula is C39H52N2O10. The Hall–Kier alpha value is -3.90. The number of carboxylic acids is 1. The number of nitrogens with one attached hydrogen (secondary N) is 2. The van der Waals surface area contributed by atoms with Crippen LogP contribution in [0.15, 0.2) is 42.0 Å². The molecule has 9 atom stereocenters. The molecule has 3 saturated carbocycles. The number of hydrogen-bond donors (Lipinski definition) is 5. The topological polar surface area (TPSA) is 196 Å². The number of aliphatic hydroxyl groups is 2. The summed E-state index contributed by atoms with van der Waals surface area (Å²) in [5.41, 5.74) is -1.20. The molecule has 4 aliphatic rings. The van der Waals surface area contributed by atoms with Crippen molar-refractivity contribution in [2.75, 3.05) is 6.61 Å². The molecule has 4 aliphatic carbocycles. The monoisotopic (exact) mass is 708 g/mol. The van der Waals surface area contributed by atoms with Crippen LogP contribution in [0, 0.1) is 34.5 Å². The van der Waals surface area contributed by atoms with Gasteiger partial charge < -0.3 is 30.7 Å². The lowest BCUT2D eigenvalue weighted by atomic mass is 9.45. The van der Waals surface area contributed by atoms with Crippen LogP contribution in [0.3, 0.4) is 0 Å². The van der Waals surface area contributed by atoms with E-state index in [9.17, 15) is 44.1 Å². The molecule has 12 nitrogen and oxygen atoms in total. The second-order valence-corrected chi connectivity index (χ2v) is 15.9. The van der Waals surface area contributed by atoms with Gasteiger partial charge in [0.2, 0.25) is 17.6 Å². The van der Waals surface area contributed by atoms with Crippen molar-refractivity contribution in [1.82, 2.24) is 10.6 Å². The van der Waals surface area contributed by atoms with Gasteiger partial charge >= 0.3 is 11.9 Å². The van der Waals surface area contributed by atoms with Gasteiger partial charge in [-0.1, -0.05) is 63.6 Å². The number of aliphatic carboxylic acids is 1. The molecule has 0 unspecified atom stereocenters. The normalized spacial score (nSPS) is 32.4. The van der Waals surface area contributed by atoms with E-state index in [0.717, 1.165) is 24.0 Å². The summed E-state index contributed by atoms with van der Waals surface area (Å²) < 4.78 is 5.25. The molecule has 0 heterocycles. The molecule has 5 N–H and O–H groups in total. The van der Waals surface area contributed by atoms with Gasteiger partial charge in [0.05, 0.1) is 12.5 Å². The molecule has 1 aromatic carbocycles. The molecular weight excluding hydrogens is 656 g/mol. The van der Waals surface area contributed by atoms with Crippen LogP contribution >= 0.6 is 0 Å². The molecule has 0 spiro atoms. The van der Waals surface area contributed by atoms with Crippen LogP contribution in [0.2, 0.25) is 0 Å². The van der Waals surface area contributed by atoms with Crippen LogP contribution in [0.25, 0.3) is 0 Å². The third kappa shape index (κ3) is 7.53. The van der Waals surface area contributed by atoms with E-state index in [1.165, 1.54) is 0 Å². The second kappa shape index (κ2) is 15.0. The predicted molar refractivity (Wildman–Crippen MR) is 185 cm³/mol. The molecule has 278 valence electrons. The van der Waals surface area contributed by atoms with E-state index in [4.69, 9.17) is 4.74 Å². The molecule has 5 rings (SSSR count). The van der Waals surface area contributed by atoms with Crippen molar-refractivity contribution >= 4 is 35.3 Å². The second-order valence-electron chi connectivity index (χ2n) is 15.9. The number of hydrogen-bond acceptors (Lipinski definition) is 9. The molecule has 0 aromatic heterocycles. The minimum Gasteiger partial charge on any atom is -0.480 e. The number of Topliss-reactive ketones (excluding diaryl/α,β-unsaturated/α-hetero) is 1. The smallest absolute Gasteiger partial charge is 0.326 e. The molecule has 0 radical (unpaired) electrons. The molecule has 12 heteroatoms. The number of fused-ring (bicyclic) bond motifs is 5. The van der Waals surface area contributed by atoms with Crippen LogP contribution in [-0.4, -0.2) is 81.0 Å². The Morgan fingerprint density at radius 3 is 2.35 bits per heavy atom. The fraction of sp³-hybridized carbons (Fsp3) is 0.641. The van der Waals surface area contributed by atoms with Crippen LogP contribution in [0.5, 0.6) is 0 Å². The summed E-state index contributed by atoms with van der Waals surface area (Å²) in [6.45, 7) is 6.71. The lowest BCUT2D eigenvalue weighted by Crippen LogP contribution is -2.62. The van der Waals surface area contributed by atoms with Crippen LogP contribution in [0.1, 0.15) is 91.0 Å². The standard InChI is InChI=1S/C39H52N2O10/c1-22(2)34(35(47)40-28(36(48)49)18-23-8-6-5-7-9-23)41-31(45)12-13-32(46)51-21-30(44)39(50)17-15-27-26-11-10-24-19-25(42)14-16-37(24,3)33(26)29(43)20-38(27,39)4/h5-9,19,22,26-29,33-34,43,50H,10-18,20-21H2,1-4H3,(H,40,47)(H,41,45)(H,48,49)/t26-,27-,28-,29-,33+,34-,37-,38-,39-/m0/s1. The number of ether oxygens (including phenoxy) is 1. The lowest BCUT2D eigenvalue weighted by Gasteiger charge is -2.60. The number of amides is 2. The van der Waals surface area contributed by atoms with Gasteiger partial charge in [-0.3, -0.25) is 24.0 Å². The van der Waals surface area contributed by atoms with Crippen LogP contribution in [0.4, 0.5) is 0 Å². The first-order chi connectivity index (χ1) is 24.0. The summed E-state index contributed by atoms with van der Waals surface area (Å²) in [4.78, 5) is 76.1. The highest BCUT2D eigenvalue weighted by molar-refractivity contribution is 5.93. The molecule has 51 heavy (non-hydrogen) atoms. The largest absolute Gasteiger partial charge is 0.480 e. The first kappa shape index (κ1) is 38.3. The van der Waals surface area contributed by atoms with Gasteiger partial charge in [0, 0.05) is 24.7 Å². The molecule has 0 saturated heterocycles. The van der Waals surface area contributed by atoms with E-state index < -0.39 is 71.3 Å². The van der Waals surface area contributed by atoms with E-state index >= 15 is 0 Å². The maximum Gasteiger partial charge on any atom is 0.326 e. The van der Waals surface area contributed by atoms with Crippen molar-refractivity contribution in [2.45, 2.75) is 116 Å². The van der Waals surface area contributed by atoms with Crippen molar-refractivity contribution in [3.05, 3.63) is 47.5 Å². The summed E-state index contributed by atoms with van der Waals surface area (Å²) in [6.07, 6.45) is 3.98. The Kier molecular flexibility index (Phi) is 11.3. The van der Waals surface area contributed by atoms with E-state index in [-0.39, 0.29) is 61.1 Å². The van der Waals surface area contributed by atoms with E-state index in [1.54, 1.807) is 50.3 Å². The number of allylic oxidation sites excluding steroid dienone is 1. The number of carbonyl (C=O) groups is 6. The summed E-state index contributed by atoms with van der Waals surface area (Å²) in [5.74, 6) is -4.25. The quantitative estimate of drug-likeness (QED) is 0.190. The fourth-order valence-electron chi connectivity index (χ4n) is 9.80. The van der Waals surface area contributed by atoms with E-state index in [2.05, 4.69) is 17.6 Å². The van der Waals surface area contributed by atoms with Crippen molar-refractivity contribution in [3.8, 4) is 0 Å². The highest BCUT2D eigenvalue weighted by Gasteiger charge is 2.68. The summed E-state index contributed by atoms with van der Waals surface area (Å²) in [5, 5.41) is 38.3. The number of esters is 1. The highest BCUT2D eigenvalue weighted by Crippen LogP contribution is 2.67. The molecule has 0 aliphatic heterocycles. The number of benzene rings is 1. The zero-order valence-electron chi connectivity index (χ0n) is 30.0. The van der Waals surface area contributed by atoms with Gasteiger partial charge in [-0.15, -0.1) is 0 Å². The van der Waals surface area contributed by atoms with Gasteiger partial charge in [0.15, 0.2) is 12.4 Å². The molecule has 3 fully saturated rings. The molecule has 2 amide bonds. The van der Waals surface area contributed by atoms with Crippen LogP contribution < -0.4 is 10.6 Å². The Bertz CT molecular complexity index is 1570. The Labute approximate surface area is 298 Å². The Morgan fingerprint density at radius 2 is 1.69 bits per heavy atom. The molecule has 0 bridgehead atoms. The third-order valence-corrected chi connectivity index (χ3v) is 12.6. The number of aliphatic hydroxyl groups excluding tert-OH is 1. The maximum atomic E-state index is 13.6. The number of carboxylic acid groups (broad SMARTS) is 1. The fourth-order valence-corrected chi connectivity index (χ4v) is 9.80. The average Bonchev–Trinajstić information content (AvgIpc) is 3.35. The first-order valence-corrected chi connectivity index (χ1v) is 18.2. The zero-order valence-corrected chi connectivity index (χ0v) is 30.0.